The SMILES string of the molecule is NC(=O)CC(C(=O)O)c1ccc(OCCCNCCCO)cc1. The maximum absolute atomic E-state index is 11.2. The van der Waals surface area contributed by atoms with Crippen LogP contribution in [-0.4, -0.2) is 48.4 Å². The Morgan fingerprint density at radius 1 is 1.17 bits per heavy atom. The summed E-state index contributed by atoms with van der Waals surface area (Å²) in [5, 5.41) is 21.0. The molecule has 1 rings (SSSR count). The van der Waals surface area contributed by atoms with Gasteiger partial charge in [-0.15, -0.1) is 0 Å². The molecular formula is C16H24N2O5. The van der Waals surface area contributed by atoms with E-state index in [4.69, 9.17) is 20.7 Å². The van der Waals surface area contributed by atoms with E-state index in [0.717, 1.165) is 25.9 Å². The summed E-state index contributed by atoms with van der Waals surface area (Å²) in [4.78, 5) is 22.1. The van der Waals surface area contributed by atoms with Crippen molar-refractivity contribution in [3.05, 3.63) is 29.8 Å². The van der Waals surface area contributed by atoms with Crippen LogP contribution in [0.4, 0.5) is 0 Å². The molecule has 1 unspecified atom stereocenters. The van der Waals surface area contributed by atoms with E-state index >= 15 is 0 Å². The predicted octanol–water partition coefficient (Wildman–Crippen LogP) is 0.471. The van der Waals surface area contributed by atoms with Crippen molar-refractivity contribution in [3.63, 3.8) is 0 Å². The Bertz CT molecular complexity index is 490. The number of benzene rings is 1. The van der Waals surface area contributed by atoms with Gasteiger partial charge in [-0.1, -0.05) is 12.1 Å². The Kier molecular flexibility index (Phi) is 8.71. The van der Waals surface area contributed by atoms with Crippen molar-refractivity contribution in [2.75, 3.05) is 26.3 Å². The fourth-order valence-corrected chi connectivity index (χ4v) is 2.06. The zero-order chi connectivity index (χ0) is 17.1. The van der Waals surface area contributed by atoms with E-state index in [0.29, 0.717) is 17.9 Å². The molecule has 7 heteroatoms. The van der Waals surface area contributed by atoms with Crippen LogP contribution in [0.5, 0.6) is 5.75 Å². The Labute approximate surface area is 135 Å². The number of carboxylic acids is 1. The van der Waals surface area contributed by atoms with Gasteiger partial charge in [0.15, 0.2) is 0 Å². The number of hydrogen-bond acceptors (Lipinski definition) is 5. The molecule has 0 saturated carbocycles. The molecule has 0 fully saturated rings. The van der Waals surface area contributed by atoms with Crippen molar-refractivity contribution in [2.24, 2.45) is 5.73 Å². The first-order valence-corrected chi connectivity index (χ1v) is 7.60. The number of carboxylic acid groups (broad SMARTS) is 1. The summed E-state index contributed by atoms with van der Waals surface area (Å²) in [6.45, 7) is 2.30. The molecule has 1 aromatic carbocycles. The lowest BCUT2D eigenvalue weighted by molar-refractivity contribution is -0.140. The third-order valence-corrected chi connectivity index (χ3v) is 3.26. The molecule has 0 saturated heterocycles. The third-order valence-electron chi connectivity index (χ3n) is 3.26. The van der Waals surface area contributed by atoms with Gasteiger partial charge < -0.3 is 26.0 Å². The van der Waals surface area contributed by atoms with E-state index in [1.807, 2.05) is 0 Å². The largest absolute Gasteiger partial charge is 0.494 e. The topological polar surface area (TPSA) is 122 Å². The second kappa shape index (κ2) is 10.6. The predicted molar refractivity (Wildman–Crippen MR) is 85.3 cm³/mol. The molecule has 0 aromatic heterocycles. The molecule has 0 radical (unpaired) electrons. The molecule has 1 aromatic rings. The van der Waals surface area contributed by atoms with Crippen molar-refractivity contribution in [1.29, 1.82) is 0 Å². The Morgan fingerprint density at radius 2 is 1.83 bits per heavy atom. The van der Waals surface area contributed by atoms with Crippen LogP contribution in [0.15, 0.2) is 24.3 Å². The van der Waals surface area contributed by atoms with Crippen LogP contribution in [0.3, 0.4) is 0 Å². The lowest BCUT2D eigenvalue weighted by atomic mass is 9.95. The number of carbonyl (C=O) groups excluding carboxylic acids is 1. The number of amides is 1. The minimum atomic E-state index is -1.08. The van der Waals surface area contributed by atoms with Gasteiger partial charge in [0.1, 0.15) is 5.75 Å². The number of aliphatic hydroxyl groups excluding tert-OH is 1. The van der Waals surface area contributed by atoms with Crippen molar-refractivity contribution < 1.29 is 24.5 Å². The van der Waals surface area contributed by atoms with E-state index in [1.54, 1.807) is 24.3 Å². The van der Waals surface area contributed by atoms with Crippen LogP contribution in [0, 0.1) is 0 Å². The summed E-state index contributed by atoms with van der Waals surface area (Å²) in [6, 6.07) is 6.64. The van der Waals surface area contributed by atoms with Gasteiger partial charge in [0.25, 0.3) is 0 Å². The lowest BCUT2D eigenvalue weighted by Crippen LogP contribution is -2.21. The molecule has 0 aliphatic heterocycles. The summed E-state index contributed by atoms with van der Waals surface area (Å²) < 4.78 is 5.56. The number of primary amides is 1. The Hall–Kier alpha value is -2.12. The standard InChI is InChI=1S/C16H24N2O5/c17-15(20)11-14(16(21)22)12-3-5-13(6-4-12)23-10-2-8-18-7-1-9-19/h3-6,14,18-19H,1-2,7-11H2,(H2,17,20)(H,21,22). The van der Waals surface area contributed by atoms with Gasteiger partial charge in [-0.3, -0.25) is 9.59 Å². The zero-order valence-corrected chi connectivity index (χ0v) is 13.0. The Balaban J connectivity index is 2.40. The average Bonchev–Trinajstić information content (AvgIpc) is 2.52. The first kappa shape index (κ1) is 18.9. The van der Waals surface area contributed by atoms with Crippen LogP contribution < -0.4 is 15.8 Å². The number of carbonyl (C=O) groups is 2. The summed E-state index contributed by atoms with van der Waals surface area (Å²) in [7, 11) is 0. The van der Waals surface area contributed by atoms with Crippen LogP contribution in [0.25, 0.3) is 0 Å². The van der Waals surface area contributed by atoms with Gasteiger partial charge in [0.05, 0.1) is 12.5 Å². The quantitative estimate of drug-likeness (QED) is 0.415. The third kappa shape index (κ3) is 7.62. The molecule has 1 atom stereocenters. The lowest BCUT2D eigenvalue weighted by Gasteiger charge is -2.12. The number of nitrogens with one attached hydrogen (secondary N) is 1. The molecule has 0 spiro atoms. The van der Waals surface area contributed by atoms with E-state index in [-0.39, 0.29) is 13.0 Å². The number of aliphatic hydroxyl groups is 1. The minimum Gasteiger partial charge on any atom is -0.494 e. The highest BCUT2D eigenvalue weighted by atomic mass is 16.5. The first-order valence-electron chi connectivity index (χ1n) is 7.60. The van der Waals surface area contributed by atoms with Gasteiger partial charge in [-0.25, -0.2) is 0 Å². The van der Waals surface area contributed by atoms with E-state index in [1.165, 1.54) is 0 Å². The number of rotatable bonds is 12. The molecule has 0 aliphatic rings. The van der Waals surface area contributed by atoms with Crippen molar-refractivity contribution >= 4 is 11.9 Å². The molecule has 5 N–H and O–H groups in total. The van der Waals surface area contributed by atoms with E-state index in [9.17, 15) is 9.59 Å². The maximum atomic E-state index is 11.2. The fraction of sp³-hybridized carbons (Fsp3) is 0.500. The van der Waals surface area contributed by atoms with Crippen LogP contribution in [0.2, 0.25) is 0 Å². The van der Waals surface area contributed by atoms with Gasteiger partial charge in [-0.2, -0.15) is 0 Å². The van der Waals surface area contributed by atoms with Gasteiger partial charge in [0, 0.05) is 13.0 Å². The van der Waals surface area contributed by atoms with Crippen LogP contribution in [-0.2, 0) is 9.59 Å². The summed E-state index contributed by atoms with van der Waals surface area (Å²) in [6.07, 6.45) is 1.33. The highest BCUT2D eigenvalue weighted by molar-refractivity contribution is 5.84. The highest BCUT2D eigenvalue weighted by Crippen LogP contribution is 2.22. The fourth-order valence-electron chi connectivity index (χ4n) is 2.06. The molecule has 1 amide bonds. The second-order valence-electron chi connectivity index (χ2n) is 5.16. The summed E-state index contributed by atoms with van der Waals surface area (Å²) in [5.74, 6) is -2.01. The van der Waals surface area contributed by atoms with Gasteiger partial charge in [0.2, 0.25) is 5.91 Å². The normalized spacial score (nSPS) is 11.9. The number of nitrogens with two attached hydrogens (primary N) is 1. The maximum Gasteiger partial charge on any atom is 0.311 e. The summed E-state index contributed by atoms with van der Waals surface area (Å²) >= 11 is 0. The van der Waals surface area contributed by atoms with Crippen molar-refractivity contribution in [1.82, 2.24) is 5.32 Å². The average molecular weight is 324 g/mol. The summed E-state index contributed by atoms with van der Waals surface area (Å²) in [5.41, 5.74) is 5.60. The number of aliphatic carboxylic acids is 1. The van der Waals surface area contributed by atoms with E-state index in [2.05, 4.69) is 5.32 Å². The molecule has 0 heterocycles. The smallest absolute Gasteiger partial charge is 0.311 e. The van der Waals surface area contributed by atoms with Crippen molar-refractivity contribution in [2.45, 2.75) is 25.2 Å². The molecule has 23 heavy (non-hydrogen) atoms. The van der Waals surface area contributed by atoms with Crippen LogP contribution >= 0.6 is 0 Å². The molecule has 0 bridgehead atoms. The second-order valence-corrected chi connectivity index (χ2v) is 5.16. The minimum absolute atomic E-state index is 0.183. The highest BCUT2D eigenvalue weighted by Gasteiger charge is 2.21. The van der Waals surface area contributed by atoms with E-state index < -0.39 is 17.8 Å². The van der Waals surface area contributed by atoms with Gasteiger partial charge in [-0.05, 0) is 43.6 Å². The molecule has 128 valence electrons. The van der Waals surface area contributed by atoms with Crippen LogP contribution in [0.1, 0.15) is 30.7 Å². The monoisotopic (exact) mass is 324 g/mol. The molecular weight excluding hydrogens is 300 g/mol. The Morgan fingerprint density at radius 3 is 2.39 bits per heavy atom. The van der Waals surface area contributed by atoms with Gasteiger partial charge >= 0.3 is 5.97 Å². The molecule has 0 aliphatic carbocycles. The van der Waals surface area contributed by atoms with Crippen molar-refractivity contribution in [3.8, 4) is 5.75 Å². The molecule has 7 nitrogen and oxygen atoms in total. The number of ether oxygens (including phenoxy) is 1. The zero-order valence-electron chi connectivity index (χ0n) is 13.0. The first-order chi connectivity index (χ1) is 11.0. The number of hydrogen-bond donors (Lipinski definition) is 4.